The zero-order chi connectivity index (χ0) is 46.1. The Morgan fingerprint density at radius 2 is 0.729 bits per heavy atom. The van der Waals surface area contributed by atoms with Gasteiger partial charge in [-0.2, -0.15) is 0 Å². The minimum Gasteiger partial charge on any atom is -0.309 e. The Morgan fingerprint density at radius 1 is 0.257 bits per heavy atom. The van der Waals surface area contributed by atoms with E-state index in [2.05, 4.69) is 240 Å². The Morgan fingerprint density at radius 3 is 1.34 bits per heavy atom. The molecule has 14 aromatic rings. The summed E-state index contributed by atoms with van der Waals surface area (Å²) in [6, 6.07) is 88.5. The first kappa shape index (κ1) is 39.7. The second-order valence-corrected chi connectivity index (χ2v) is 18.0. The van der Waals surface area contributed by atoms with Crippen molar-refractivity contribution in [2.75, 3.05) is 0 Å². The molecular formula is C65H41N5. The van der Waals surface area contributed by atoms with Gasteiger partial charge in [0.1, 0.15) is 0 Å². The standard InChI is InChI=1S/C65H41N5/c1-4-17-45(18-5-1)63-56-39-55-52-25-12-15-30-61(52)70(47-21-8-3-9-22-47)62(55)40-54(56)53-27-16-26-49(64(53)68-63)42-31-33-43(34-32-42)57-41-58(67-65(66-57)46-19-6-2-7-20-46)44-35-37-48(38-36-44)69-59-28-13-10-23-50(59)51-24-11-14-29-60(51)69/h1-41H. The summed E-state index contributed by atoms with van der Waals surface area (Å²) in [7, 11) is 0. The van der Waals surface area contributed by atoms with Crippen molar-refractivity contribution >= 4 is 65.3 Å². The maximum atomic E-state index is 5.60. The van der Waals surface area contributed by atoms with Crippen molar-refractivity contribution in [2.45, 2.75) is 0 Å². The molecule has 0 unspecified atom stereocenters. The quantitative estimate of drug-likeness (QED) is 0.150. The van der Waals surface area contributed by atoms with E-state index in [-0.39, 0.29) is 0 Å². The third-order valence-electron chi connectivity index (χ3n) is 13.9. The molecule has 0 bridgehead atoms. The van der Waals surface area contributed by atoms with E-state index in [1.165, 1.54) is 49.0 Å². The third kappa shape index (κ3) is 6.44. The molecule has 0 amide bonds. The van der Waals surface area contributed by atoms with Crippen LogP contribution >= 0.6 is 0 Å². The Bertz CT molecular complexity index is 4250. The highest BCUT2D eigenvalue weighted by Crippen LogP contribution is 2.42. The van der Waals surface area contributed by atoms with E-state index >= 15 is 0 Å². The monoisotopic (exact) mass is 891 g/mol. The van der Waals surface area contributed by atoms with Gasteiger partial charge in [-0.05, 0) is 71.6 Å². The summed E-state index contributed by atoms with van der Waals surface area (Å²) in [5, 5.41) is 8.32. The fraction of sp³-hybridized carbons (Fsp3) is 0. The molecule has 0 aliphatic rings. The maximum Gasteiger partial charge on any atom is 0.160 e. The zero-order valence-corrected chi connectivity index (χ0v) is 37.9. The van der Waals surface area contributed by atoms with Gasteiger partial charge in [0, 0.05) is 71.5 Å². The Balaban J connectivity index is 0.897. The third-order valence-corrected chi connectivity index (χ3v) is 13.9. The number of nitrogens with zero attached hydrogens (tertiary/aromatic N) is 5. The molecule has 5 heteroatoms. The number of rotatable bonds is 7. The highest BCUT2D eigenvalue weighted by atomic mass is 15.0. The minimum absolute atomic E-state index is 0.683. The molecule has 0 spiro atoms. The van der Waals surface area contributed by atoms with E-state index in [1.807, 2.05) is 18.2 Å². The normalized spacial score (nSPS) is 11.7. The lowest BCUT2D eigenvalue weighted by Crippen LogP contribution is -1.97. The molecule has 10 aromatic carbocycles. The van der Waals surface area contributed by atoms with Crippen LogP contribution in [0.3, 0.4) is 0 Å². The summed E-state index contributed by atoms with van der Waals surface area (Å²) in [6.45, 7) is 0. The van der Waals surface area contributed by atoms with Crippen LogP contribution in [0.4, 0.5) is 0 Å². The molecule has 326 valence electrons. The highest BCUT2D eigenvalue weighted by molar-refractivity contribution is 6.21. The topological polar surface area (TPSA) is 48.5 Å². The number of pyridine rings is 1. The van der Waals surface area contributed by atoms with E-state index in [9.17, 15) is 0 Å². The van der Waals surface area contributed by atoms with E-state index < -0.39 is 0 Å². The van der Waals surface area contributed by atoms with E-state index in [4.69, 9.17) is 15.0 Å². The molecule has 5 nitrogen and oxygen atoms in total. The molecule has 0 atom stereocenters. The van der Waals surface area contributed by atoms with Gasteiger partial charge in [-0.3, -0.25) is 0 Å². The Hall–Kier alpha value is -9.45. The van der Waals surface area contributed by atoms with Gasteiger partial charge in [-0.1, -0.05) is 188 Å². The zero-order valence-electron chi connectivity index (χ0n) is 37.9. The molecule has 0 saturated heterocycles. The smallest absolute Gasteiger partial charge is 0.160 e. The van der Waals surface area contributed by atoms with Gasteiger partial charge >= 0.3 is 0 Å². The number of fused-ring (bicyclic) bond motifs is 9. The summed E-state index contributed by atoms with van der Waals surface area (Å²) in [5.41, 5.74) is 16.8. The molecule has 70 heavy (non-hydrogen) atoms. The lowest BCUT2D eigenvalue weighted by atomic mass is 9.94. The van der Waals surface area contributed by atoms with E-state index in [0.29, 0.717) is 5.82 Å². The highest BCUT2D eigenvalue weighted by Gasteiger charge is 2.20. The average molecular weight is 892 g/mol. The molecular weight excluding hydrogens is 851 g/mol. The Labute approximate surface area is 403 Å². The van der Waals surface area contributed by atoms with Crippen LogP contribution in [0.15, 0.2) is 249 Å². The summed E-state index contributed by atoms with van der Waals surface area (Å²) >= 11 is 0. The van der Waals surface area contributed by atoms with Gasteiger partial charge in [0.05, 0.1) is 44.7 Å². The predicted octanol–water partition coefficient (Wildman–Crippen LogP) is 16.7. The first-order valence-electron chi connectivity index (χ1n) is 23.8. The van der Waals surface area contributed by atoms with Crippen LogP contribution in [0, 0.1) is 0 Å². The van der Waals surface area contributed by atoms with Crippen LogP contribution in [0.5, 0.6) is 0 Å². The summed E-state index contributed by atoms with van der Waals surface area (Å²) < 4.78 is 4.74. The SMILES string of the molecule is c1ccc(-c2nc(-c3ccc(-c4cccc5c4nc(-c4ccccc4)c4cc6c7ccccc7n(-c7ccccc7)c6cc45)cc3)cc(-c3ccc(-n4c5ccccc5c5ccccc54)cc3)n2)cc1. The van der Waals surface area contributed by atoms with Crippen molar-refractivity contribution in [3.05, 3.63) is 249 Å². The van der Waals surface area contributed by atoms with Crippen molar-refractivity contribution in [3.8, 4) is 67.7 Å². The number of benzene rings is 10. The van der Waals surface area contributed by atoms with Crippen molar-refractivity contribution in [3.63, 3.8) is 0 Å². The van der Waals surface area contributed by atoms with Crippen LogP contribution in [-0.4, -0.2) is 24.1 Å². The second-order valence-electron chi connectivity index (χ2n) is 18.0. The largest absolute Gasteiger partial charge is 0.309 e. The van der Waals surface area contributed by atoms with Crippen molar-refractivity contribution in [1.29, 1.82) is 0 Å². The van der Waals surface area contributed by atoms with Crippen molar-refractivity contribution in [2.24, 2.45) is 0 Å². The van der Waals surface area contributed by atoms with Crippen molar-refractivity contribution < 1.29 is 0 Å². The lowest BCUT2D eigenvalue weighted by Gasteiger charge is -2.15. The number of aromatic nitrogens is 5. The molecule has 0 radical (unpaired) electrons. The average Bonchev–Trinajstić information content (AvgIpc) is 3.95. The summed E-state index contributed by atoms with van der Waals surface area (Å²) in [5.74, 6) is 0.683. The van der Waals surface area contributed by atoms with E-state index in [0.717, 1.165) is 78.1 Å². The summed E-state index contributed by atoms with van der Waals surface area (Å²) in [6.07, 6.45) is 0. The second kappa shape index (κ2) is 16.1. The molecule has 0 N–H and O–H groups in total. The van der Waals surface area contributed by atoms with Gasteiger partial charge in [-0.25, -0.2) is 15.0 Å². The minimum atomic E-state index is 0.683. The van der Waals surface area contributed by atoms with Gasteiger partial charge < -0.3 is 9.13 Å². The fourth-order valence-electron chi connectivity index (χ4n) is 10.7. The summed E-state index contributed by atoms with van der Waals surface area (Å²) in [4.78, 5) is 16.0. The first-order chi connectivity index (χ1) is 34.7. The first-order valence-corrected chi connectivity index (χ1v) is 23.8. The number of para-hydroxylation sites is 5. The van der Waals surface area contributed by atoms with Crippen LogP contribution < -0.4 is 0 Å². The molecule has 0 aliphatic heterocycles. The van der Waals surface area contributed by atoms with Crippen LogP contribution in [0.2, 0.25) is 0 Å². The lowest BCUT2D eigenvalue weighted by molar-refractivity contribution is 1.17. The van der Waals surface area contributed by atoms with Gasteiger partial charge in [0.2, 0.25) is 0 Å². The molecule has 0 saturated carbocycles. The van der Waals surface area contributed by atoms with Crippen LogP contribution in [0.1, 0.15) is 0 Å². The number of hydrogen-bond acceptors (Lipinski definition) is 3. The van der Waals surface area contributed by atoms with Crippen LogP contribution in [0.25, 0.3) is 133 Å². The predicted molar refractivity (Wildman–Crippen MR) is 291 cm³/mol. The van der Waals surface area contributed by atoms with Gasteiger partial charge in [0.15, 0.2) is 5.82 Å². The molecule has 4 aromatic heterocycles. The van der Waals surface area contributed by atoms with E-state index in [1.54, 1.807) is 0 Å². The maximum absolute atomic E-state index is 5.60. The molecule has 0 fully saturated rings. The fourth-order valence-corrected chi connectivity index (χ4v) is 10.7. The van der Waals surface area contributed by atoms with Crippen LogP contribution in [-0.2, 0) is 0 Å². The molecule has 14 rings (SSSR count). The molecule has 4 heterocycles. The Kier molecular flexibility index (Phi) is 9.14. The van der Waals surface area contributed by atoms with Gasteiger partial charge in [-0.15, -0.1) is 0 Å². The van der Waals surface area contributed by atoms with Gasteiger partial charge in [0.25, 0.3) is 0 Å². The number of hydrogen-bond donors (Lipinski definition) is 0. The van der Waals surface area contributed by atoms with Crippen molar-refractivity contribution in [1.82, 2.24) is 24.1 Å². The molecule has 0 aliphatic carbocycles.